The van der Waals surface area contributed by atoms with Crippen molar-refractivity contribution in [3.05, 3.63) is 94.0 Å². The van der Waals surface area contributed by atoms with Gasteiger partial charge in [0.25, 0.3) is 0 Å². The Bertz CT molecular complexity index is 1430. The van der Waals surface area contributed by atoms with Gasteiger partial charge in [0.2, 0.25) is 5.91 Å². The number of nitrogens with two attached hydrogens (primary N) is 3. The molecule has 218 valence electrons. The van der Waals surface area contributed by atoms with E-state index in [2.05, 4.69) is 0 Å². The summed E-state index contributed by atoms with van der Waals surface area (Å²) >= 11 is 0. The molecule has 3 aromatic rings. The molecule has 0 fully saturated rings. The van der Waals surface area contributed by atoms with Gasteiger partial charge >= 0.3 is 18.1 Å². The summed E-state index contributed by atoms with van der Waals surface area (Å²) in [6.07, 6.45) is -1.64. The molecule has 1 amide bonds. The van der Waals surface area contributed by atoms with Crippen molar-refractivity contribution in [2.45, 2.75) is 32.0 Å². The number of carboxylic acid groups (broad SMARTS) is 1. The van der Waals surface area contributed by atoms with E-state index in [0.29, 0.717) is 17.7 Å². The molecule has 1 aliphatic carbocycles. The molecule has 0 saturated heterocycles. The molecule has 0 saturated carbocycles. The van der Waals surface area contributed by atoms with Crippen LogP contribution < -0.4 is 21.9 Å². The van der Waals surface area contributed by atoms with Crippen LogP contribution in [0, 0.1) is 0 Å². The van der Waals surface area contributed by atoms with Crippen LogP contribution >= 0.6 is 0 Å². The number of halogens is 3. The molecule has 0 unspecified atom stereocenters. The largest absolute Gasteiger partial charge is 0.504 e. The zero-order valence-electron chi connectivity index (χ0n) is 21.6. The van der Waals surface area contributed by atoms with E-state index < -0.39 is 29.6 Å². The quantitative estimate of drug-likeness (QED) is 0.167. The number of para-hydroxylation sites is 1. The minimum atomic E-state index is -5.08. The molecule has 41 heavy (non-hydrogen) atoms. The number of phenols is 1. The van der Waals surface area contributed by atoms with Gasteiger partial charge in [-0.05, 0) is 66.3 Å². The molecule has 0 aliphatic heterocycles. The Balaban J connectivity index is 0.000000257. The van der Waals surface area contributed by atoms with Crippen molar-refractivity contribution in [3.8, 4) is 11.5 Å². The maximum Gasteiger partial charge on any atom is 0.490 e. The smallest absolute Gasteiger partial charge is 0.490 e. The van der Waals surface area contributed by atoms with E-state index in [0.717, 1.165) is 18.4 Å². The fraction of sp³-hybridized carbons (Fsp3) is 0.214. The maximum atomic E-state index is 12.5. The van der Waals surface area contributed by atoms with Crippen molar-refractivity contribution < 1.29 is 47.3 Å². The number of aromatic hydroxyl groups is 1. The average Bonchev–Trinajstić information content (AvgIpc) is 3.42. The third-order valence-electron chi connectivity index (χ3n) is 5.68. The molecule has 0 heterocycles. The van der Waals surface area contributed by atoms with Crippen molar-refractivity contribution >= 4 is 23.6 Å². The fourth-order valence-electron chi connectivity index (χ4n) is 3.67. The van der Waals surface area contributed by atoms with Crippen LogP contribution in [-0.4, -0.2) is 46.6 Å². The Labute approximate surface area is 232 Å². The normalized spacial score (nSPS) is 11.6. The van der Waals surface area contributed by atoms with Gasteiger partial charge in [0, 0.05) is 17.7 Å². The van der Waals surface area contributed by atoms with E-state index in [1.54, 1.807) is 24.3 Å². The van der Waals surface area contributed by atoms with Gasteiger partial charge < -0.3 is 32.2 Å². The number of benzene rings is 3. The lowest BCUT2D eigenvalue weighted by Gasteiger charge is -2.09. The molecule has 10 nitrogen and oxygen atoms in total. The number of ketones is 1. The average molecular weight is 576 g/mol. The number of hydrogen-bond acceptors (Lipinski definition) is 8. The predicted octanol–water partition coefficient (Wildman–Crippen LogP) is 2.85. The number of fused-ring (bicyclic) bond motifs is 1. The molecular formula is C28H28F3N3O7. The van der Waals surface area contributed by atoms with E-state index in [9.17, 15) is 32.7 Å². The van der Waals surface area contributed by atoms with Crippen LogP contribution in [0.1, 0.15) is 49.4 Å². The van der Waals surface area contributed by atoms with Crippen LogP contribution in [-0.2, 0) is 29.0 Å². The molecule has 1 aliphatic rings. The lowest BCUT2D eigenvalue weighted by molar-refractivity contribution is -0.192. The lowest BCUT2D eigenvalue weighted by atomic mass is 10.0. The molecule has 0 radical (unpaired) electrons. The number of carbonyl (C=O) groups is 4. The summed E-state index contributed by atoms with van der Waals surface area (Å²) in [7, 11) is 0. The highest BCUT2D eigenvalue weighted by Crippen LogP contribution is 2.31. The van der Waals surface area contributed by atoms with Gasteiger partial charge in [-0.1, -0.05) is 30.3 Å². The first-order valence-corrected chi connectivity index (χ1v) is 12.1. The highest BCUT2D eigenvalue weighted by molar-refractivity contribution is 6.11. The summed E-state index contributed by atoms with van der Waals surface area (Å²) in [4.78, 5) is 43.4. The standard InChI is InChI=1S/C16H16N2O4.C10H11NO.C2HF3O2/c17-8-10-3-1-4-11(7-10)15(20)12-5-2-6-13(16(12)21)22-14(19)9-18;11-10(12)9-5-4-7-2-1-3-8(7)6-9;3-2(4,5)1(6)7/h1-7,21H,8-9,17-18H2;4-6H,1-3H2,(H2,11,12);(H,6,7). The second-order valence-corrected chi connectivity index (χ2v) is 8.57. The summed E-state index contributed by atoms with van der Waals surface area (Å²) in [5.41, 5.74) is 20.4. The number of phenolic OH excluding ortho intramolecular Hbond substituents is 1. The zero-order chi connectivity index (χ0) is 30.7. The van der Waals surface area contributed by atoms with Gasteiger partial charge in [-0.15, -0.1) is 0 Å². The summed E-state index contributed by atoms with van der Waals surface area (Å²) in [5, 5.41) is 17.3. The van der Waals surface area contributed by atoms with E-state index in [-0.39, 0.29) is 23.8 Å². The van der Waals surface area contributed by atoms with E-state index >= 15 is 0 Å². The highest BCUT2D eigenvalue weighted by atomic mass is 19.4. The number of carboxylic acids is 1. The fourth-order valence-corrected chi connectivity index (χ4v) is 3.67. The first-order chi connectivity index (χ1) is 19.3. The number of aliphatic carboxylic acids is 1. The Morgan fingerprint density at radius 2 is 1.51 bits per heavy atom. The van der Waals surface area contributed by atoms with Gasteiger partial charge in [0.05, 0.1) is 12.1 Å². The SMILES string of the molecule is NC(=O)c1ccc2c(c1)CCC2.NCC(=O)Oc1cccc(C(=O)c2cccc(CN)c2)c1O.O=C(O)C(F)(F)F. The zero-order valence-corrected chi connectivity index (χ0v) is 21.6. The summed E-state index contributed by atoms with van der Waals surface area (Å²) in [6.45, 7) is -0.0165. The molecule has 3 aromatic carbocycles. The summed E-state index contributed by atoms with van der Waals surface area (Å²) < 4.78 is 36.6. The van der Waals surface area contributed by atoms with Crippen LogP contribution in [0.5, 0.6) is 11.5 Å². The summed E-state index contributed by atoms with van der Waals surface area (Å²) in [6, 6.07) is 16.9. The van der Waals surface area contributed by atoms with Crippen molar-refractivity contribution in [2.24, 2.45) is 17.2 Å². The van der Waals surface area contributed by atoms with Crippen LogP contribution in [0.25, 0.3) is 0 Å². The van der Waals surface area contributed by atoms with Gasteiger partial charge in [0.1, 0.15) is 0 Å². The molecule has 8 N–H and O–H groups in total. The first-order valence-electron chi connectivity index (χ1n) is 12.1. The molecule has 4 rings (SSSR count). The van der Waals surface area contributed by atoms with Crippen molar-refractivity contribution in [1.29, 1.82) is 0 Å². The number of aryl methyl sites for hydroxylation is 2. The second kappa shape index (κ2) is 14.6. The van der Waals surface area contributed by atoms with E-state index in [1.807, 2.05) is 18.2 Å². The molecule has 0 spiro atoms. The van der Waals surface area contributed by atoms with Crippen LogP contribution in [0.2, 0.25) is 0 Å². The Kier molecular flexibility index (Phi) is 11.5. The van der Waals surface area contributed by atoms with Gasteiger partial charge in [-0.25, -0.2) is 4.79 Å². The second-order valence-electron chi connectivity index (χ2n) is 8.57. The molecule has 0 bridgehead atoms. The Hall–Kier alpha value is -4.75. The molecule has 0 aromatic heterocycles. The Morgan fingerprint density at radius 1 is 0.878 bits per heavy atom. The van der Waals surface area contributed by atoms with Crippen molar-refractivity contribution in [2.75, 3.05) is 6.54 Å². The third kappa shape index (κ3) is 9.44. The lowest BCUT2D eigenvalue weighted by Crippen LogP contribution is -2.21. The maximum absolute atomic E-state index is 12.5. The first kappa shape index (κ1) is 32.5. The van der Waals surface area contributed by atoms with Crippen LogP contribution in [0.4, 0.5) is 13.2 Å². The van der Waals surface area contributed by atoms with Crippen molar-refractivity contribution in [1.82, 2.24) is 0 Å². The topological polar surface area (TPSA) is 196 Å². The Morgan fingerprint density at radius 3 is 2.10 bits per heavy atom. The van der Waals surface area contributed by atoms with Gasteiger partial charge in [-0.2, -0.15) is 13.2 Å². The number of hydrogen-bond donors (Lipinski definition) is 5. The minimum Gasteiger partial charge on any atom is -0.504 e. The minimum absolute atomic E-state index is 0.0384. The number of esters is 1. The summed E-state index contributed by atoms with van der Waals surface area (Å²) in [5.74, 6) is -4.68. The van der Waals surface area contributed by atoms with Crippen molar-refractivity contribution in [3.63, 3.8) is 0 Å². The van der Waals surface area contributed by atoms with Crippen LogP contribution in [0.3, 0.4) is 0 Å². The third-order valence-corrected chi connectivity index (χ3v) is 5.68. The van der Waals surface area contributed by atoms with E-state index in [4.69, 9.17) is 31.8 Å². The van der Waals surface area contributed by atoms with Gasteiger partial charge in [-0.3, -0.25) is 14.4 Å². The highest BCUT2D eigenvalue weighted by Gasteiger charge is 2.38. The monoisotopic (exact) mass is 575 g/mol. The number of rotatable bonds is 6. The number of primary amides is 1. The van der Waals surface area contributed by atoms with E-state index in [1.165, 1.54) is 35.7 Å². The molecule has 13 heteroatoms. The number of carbonyl (C=O) groups excluding carboxylic acids is 3. The number of amides is 1. The number of alkyl halides is 3. The molecular weight excluding hydrogens is 547 g/mol. The number of ether oxygens (including phenoxy) is 1. The molecule has 0 atom stereocenters. The van der Waals surface area contributed by atoms with Gasteiger partial charge in [0.15, 0.2) is 17.3 Å². The predicted molar refractivity (Wildman–Crippen MR) is 141 cm³/mol. The van der Waals surface area contributed by atoms with Crippen LogP contribution in [0.15, 0.2) is 60.7 Å².